The second-order valence-electron chi connectivity index (χ2n) is 8.91. The molecule has 0 amide bonds. The van der Waals surface area contributed by atoms with Crippen molar-refractivity contribution in [2.45, 2.75) is 44.7 Å². The molecule has 1 aliphatic heterocycles. The third-order valence-electron chi connectivity index (χ3n) is 6.56. The van der Waals surface area contributed by atoms with Crippen LogP contribution in [0.4, 0.5) is 11.6 Å². The van der Waals surface area contributed by atoms with Crippen LogP contribution in [0.15, 0.2) is 35.6 Å². The van der Waals surface area contributed by atoms with E-state index in [0.717, 1.165) is 40.9 Å². The minimum absolute atomic E-state index is 0.0719. The molecule has 170 valence electrons. The third-order valence-corrected chi connectivity index (χ3v) is 6.56. The molecule has 1 saturated heterocycles. The lowest BCUT2D eigenvalue weighted by molar-refractivity contribution is 0.0695. The van der Waals surface area contributed by atoms with Gasteiger partial charge in [-0.3, -0.25) is 18.8 Å². The van der Waals surface area contributed by atoms with Gasteiger partial charge in [-0.2, -0.15) is 10.1 Å². The summed E-state index contributed by atoms with van der Waals surface area (Å²) in [6, 6.07) is 2.66. The average molecular weight is 447 g/mol. The Kier molecular flexibility index (Phi) is 4.75. The third kappa shape index (κ3) is 3.60. The monoisotopic (exact) mass is 446 g/mol. The number of pyridine rings is 1. The number of rotatable bonds is 5. The molecule has 0 aromatic carbocycles. The summed E-state index contributed by atoms with van der Waals surface area (Å²) in [6.45, 7) is 3.33. The van der Waals surface area contributed by atoms with Crippen LogP contribution in [0.1, 0.15) is 43.3 Å². The minimum atomic E-state index is -0.0719. The van der Waals surface area contributed by atoms with E-state index in [1.807, 2.05) is 23.9 Å². The summed E-state index contributed by atoms with van der Waals surface area (Å²) in [6.07, 6.45) is 11.4. The highest BCUT2D eigenvalue weighted by Gasteiger charge is 2.25. The zero-order valence-corrected chi connectivity index (χ0v) is 18.7. The summed E-state index contributed by atoms with van der Waals surface area (Å²) in [5.41, 5.74) is 5.03. The van der Waals surface area contributed by atoms with Crippen LogP contribution in [0.2, 0.25) is 0 Å². The van der Waals surface area contributed by atoms with Gasteiger partial charge in [0.1, 0.15) is 5.52 Å². The molecule has 33 heavy (non-hydrogen) atoms. The molecule has 2 aliphatic rings. The molecular weight excluding hydrogens is 420 g/mol. The molecule has 4 aromatic rings. The molecule has 10 heteroatoms. The van der Waals surface area contributed by atoms with E-state index in [9.17, 15) is 4.79 Å². The Morgan fingerprint density at radius 2 is 1.88 bits per heavy atom. The number of hydrogen-bond donors (Lipinski definition) is 1. The zero-order valence-electron chi connectivity index (χ0n) is 18.7. The Morgan fingerprint density at radius 1 is 1.06 bits per heavy atom. The van der Waals surface area contributed by atoms with E-state index in [2.05, 4.69) is 26.6 Å². The Balaban J connectivity index is 1.30. The van der Waals surface area contributed by atoms with Gasteiger partial charge in [0, 0.05) is 38.1 Å². The lowest BCUT2D eigenvalue weighted by Crippen LogP contribution is -2.30. The summed E-state index contributed by atoms with van der Waals surface area (Å²) in [7, 11) is 1.76. The summed E-state index contributed by atoms with van der Waals surface area (Å²) < 4.78 is 10.9. The highest BCUT2D eigenvalue weighted by Crippen LogP contribution is 2.35. The minimum Gasteiger partial charge on any atom is -0.381 e. The molecule has 0 spiro atoms. The van der Waals surface area contributed by atoms with E-state index >= 15 is 0 Å². The van der Waals surface area contributed by atoms with E-state index in [-0.39, 0.29) is 11.7 Å². The molecule has 0 radical (unpaired) electrons. The van der Waals surface area contributed by atoms with Crippen LogP contribution in [-0.4, -0.2) is 47.1 Å². The van der Waals surface area contributed by atoms with Gasteiger partial charge in [0.2, 0.25) is 5.95 Å². The van der Waals surface area contributed by atoms with Crippen molar-refractivity contribution >= 4 is 22.8 Å². The van der Waals surface area contributed by atoms with Gasteiger partial charge in [-0.15, -0.1) is 0 Å². The molecule has 0 atom stereocenters. The van der Waals surface area contributed by atoms with Gasteiger partial charge in [0.25, 0.3) is 0 Å². The summed E-state index contributed by atoms with van der Waals surface area (Å²) in [4.78, 5) is 26.7. The fourth-order valence-electron chi connectivity index (χ4n) is 4.44. The average Bonchev–Trinajstić information content (AvgIpc) is 3.51. The normalized spacial score (nSPS) is 17.0. The van der Waals surface area contributed by atoms with Crippen molar-refractivity contribution in [1.82, 2.24) is 33.9 Å². The summed E-state index contributed by atoms with van der Waals surface area (Å²) in [5.74, 6) is 0.438. The van der Waals surface area contributed by atoms with Crippen LogP contribution in [0.25, 0.3) is 22.4 Å². The molecule has 0 unspecified atom stereocenters. The number of fused-ring (bicyclic) bond motifs is 1. The molecule has 4 aromatic heterocycles. The van der Waals surface area contributed by atoms with Crippen molar-refractivity contribution < 1.29 is 4.74 Å². The molecule has 6 rings (SSSR count). The number of aromatic nitrogens is 7. The predicted molar refractivity (Wildman–Crippen MR) is 124 cm³/mol. The first-order valence-corrected chi connectivity index (χ1v) is 11.4. The van der Waals surface area contributed by atoms with Gasteiger partial charge >= 0.3 is 5.69 Å². The summed E-state index contributed by atoms with van der Waals surface area (Å²) in [5, 5.41) is 7.74. The van der Waals surface area contributed by atoms with Gasteiger partial charge < -0.3 is 10.1 Å². The van der Waals surface area contributed by atoms with Crippen molar-refractivity contribution in [3.63, 3.8) is 0 Å². The van der Waals surface area contributed by atoms with Crippen molar-refractivity contribution in [2.75, 3.05) is 18.5 Å². The van der Waals surface area contributed by atoms with E-state index in [1.165, 1.54) is 12.8 Å². The van der Waals surface area contributed by atoms with Crippen LogP contribution in [0.5, 0.6) is 0 Å². The van der Waals surface area contributed by atoms with Gasteiger partial charge in [0.15, 0.2) is 5.65 Å². The van der Waals surface area contributed by atoms with Crippen molar-refractivity contribution in [3.05, 3.63) is 46.9 Å². The number of nitrogens with zero attached hydrogens (tertiary/aromatic N) is 7. The molecule has 2 fully saturated rings. The molecule has 1 N–H and O–H groups in total. The van der Waals surface area contributed by atoms with Crippen molar-refractivity contribution in [2.24, 2.45) is 7.05 Å². The molecule has 1 saturated carbocycles. The highest BCUT2D eigenvalue weighted by molar-refractivity contribution is 5.73. The Labute approximate surface area is 190 Å². The quantitative estimate of drug-likeness (QED) is 0.502. The smallest absolute Gasteiger partial charge is 0.330 e. The topological polar surface area (TPSA) is 105 Å². The van der Waals surface area contributed by atoms with Gasteiger partial charge in [-0.25, -0.2) is 9.78 Å². The largest absolute Gasteiger partial charge is 0.381 e. The van der Waals surface area contributed by atoms with E-state index in [0.29, 0.717) is 30.9 Å². The SMILES string of the molecule is Cc1cc(-c2cnn(C3CC3)c2)ncc1Nc1ncc2c(n1)n(C1CCOCC1)c(=O)n2C. The van der Waals surface area contributed by atoms with Gasteiger partial charge in [-0.1, -0.05) is 0 Å². The van der Waals surface area contributed by atoms with Crippen LogP contribution < -0.4 is 11.0 Å². The fourth-order valence-corrected chi connectivity index (χ4v) is 4.44. The van der Waals surface area contributed by atoms with Gasteiger partial charge in [-0.05, 0) is 44.2 Å². The maximum absolute atomic E-state index is 12.9. The number of ether oxygens (including phenoxy) is 1. The van der Waals surface area contributed by atoms with Gasteiger partial charge in [0.05, 0.1) is 36.0 Å². The number of hydrogen-bond acceptors (Lipinski definition) is 7. The van der Waals surface area contributed by atoms with Crippen molar-refractivity contribution in [3.8, 4) is 11.3 Å². The molecular formula is C23H26N8O2. The Morgan fingerprint density at radius 3 is 2.64 bits per heavy atom. The first-order valence-electron chi connectivity index (χ1n) is 11.4. The van der Waals surface area contributed by atoms with Crippen LogP contribution in [0, 0.1) is 6.92 Å². The first kappa shape index (κ1) is 20.1. The number of anilines is 2. The van der Waals surface area contributed by atoms with Crippen molar-refractivity contribution in [1.29, 1.82) is 0 Å². The number of aryl methyl sites for hydroxylation is 2. The number of imidazole rings is 1. The Hall–Kier alpha value is -3.53. The zero-order chi connectivity index (χ0) is 22.5. The second kappa shape index (κ2) is 7.80. The second-order valence-corrected chi connectivity index (χ2v) is 8.91. The molecule has 10 nitrogen and oxygen atoms in total. The van der Waals surface area contributed by atoms with E-state index in [4.69, 9.17) is 9.72 Å². The standard InChI is InChI=1S/C23H26N8O2/c1-14-9-18(15-10-26-30(13-15)16-3-4-16)24-11-19(14)27-22-25-12-20-21(28-22)31(23(32)29(20)2)17-5-7-33-8-6-17/h9-13,16-17H,3-8H2,1-2H3,(H,25,27,28). The van der Waals surface area contributed by atoms with E-state index < -0.39 is 0 Å². The van der Waals surface area contributed by atoms with Crippen LogP contribution >= 0.6 is 0 Å². The maximum atomic E-state index is 12.9. The first-order chi connectivity index (χ1) is 16.1. The lowest BCUT2D eigenvalue weighted by atomic mass is 10.1. The highest BCUT2D eigenvalue weighted by atomic mass is 16.5. The maximum Gasteiger partial charge on any atom is 0.330 e. The predicted octanol–water partition coefficient (Wildman–Crippen LogP) is 3.13. The van der Waals surface area contributed by atoms with Crippen LogP contribution in [-0.2, 0) is 11.8 Å². The summed E-state index contributed by atoms with van der Waals surface area (Å²) >= 11 is 0. The lowest BCUT2D eigenvalue weighted by Gasteiger charge is -2.22. The van der Waals surface area contributed by atoms with Crippen LogP contribution in [0.3, 0.4) is 0 Å². The van der Waals surface area contributed by atoms with E-state index in [1.54, 1.807) is 28.6 Å². The molecule has 1 aliphatic carbocycles. The molecule has 5 heterocycles. The Bertz CT molecular complexity index is 1390. The fraction of sp³-hybridized carbons (Fsp3) is 0.435. The molecule has 0 bridgehead atoms. The number of nitrogens with one attached hydrogen (secondary N) is 1.